The van der Waals surface area contributed by atoms with Crippen LogP contribution in [0.4, 0.5) is 0 Å². The topological polar surface area (TPSA) is 78.9 Å². The second-order valence-corrected chi connectivity index (χ2v) is 5.56. The summed E-state index contributed by atoms with van der Waals surface area (Å²) in [5.74, 6) is -1.79. The van der Waals surface area contributed by atoms with E-state index >= 15 is 0 Å². The second kappa shape index (κ2) is 11.3. The van der Waals surface area contributed by atoms with Gasteiger partial charge in [0.15, 0.2) is 16.4 Å². The standard InChI is InChI=1S/C18H22O6S/c1-4-22-16(20)15(17(21)23-5-2)18(24-6-3)25-12-14(19)13-10-8-7-9-11-13/h7-11H,4-6,12H2,1-3H3. The number of rotatable bonds is 10. The van der Waals surface area contributed by atoms with Crippen LogP contribution in [0.2, 0.25) is 0 Å². The van der Waals surface area contributed by atoms with E-state index in [1.54, 1.807) is 45.0 Å². The predicted molar refractivity (Wildman–Crippen MR) is 95.1 cm³/mol. The lowest BCUT2D eigenvalue weighted by atomic mass is 10.2. The second-order valence-electron chi connectivity index (χ2n) is 4.61. The molecule has 1 aromatic rings. The van der Waals surface area contributed by atoms with Crippen molar-refractivity contribution in [1.82, 2.24) is 0 Å². The maximum Gasteiger partial charge on any atom is 0.350 e. The van der Waals surface area contributed by atoms with Crippen LogP contribution in [0, 0.1) is 0 Å². The molecular formula is C18H22O6S. The molecule has 6 nitrogen and oxygen atoms in total. The van der Waals surface area contributed by atoms with E-state index in [1.165, 1.54) is 0 Å². The third kappa shape index (κ3) is 6.62. The molecule has 0 aliphatic carbocycles. The van der Waals surface area contributed by atoms with Crippen molar-refractivity contribution in [2.75, 3.05) is 25.6 Å². The van der Waals surface area contributed by atoms with Crippen LogP contribution in [0.3, 0.4) is 0 Å². The molecule has 136 valence electrons. The van der Waals surface area contributed by atoms with Crippen LogP contribution in [0.5, 0.6) is 0 Å². The Morgan fingerprint density at radius 1 is 0.840 bits per heavy atom. The molecule has 0 saturated carbocycles. The molecule has 0 spiro atoms. The highest BCUT2D eigenvalue weighted by Gasteiger charge is 2.28. The molecule has 0 aliphatic rings. The summed E-state index contributed by atoms with van der Waals surface area (Å²) < 4.78 is 15.2. The Morgan fingerprint density at radius 3 is 1.84 bits per heavy atom. The van der Waals surface area contributed by atoms with E-state index in [-0.39, 0.29) is 42.0 Å². The molecule has 0 fully saturated rings. The van der Waals surface area contributed by atoms with Gasteiger partial charge in [-0.05, 0) is 20.8 Å². The Balaban J connectivity index is 3.04. The van der Waals surface area contributed by atoms with Crippen molar-refractivity contribution in [1.29, 1.82) is 0 Å². The van der Waals surface area contributed by atoms with E-state index < -0.39 is 11.9 Å². The maximum absolute atomic E-state index is 12.2. The number of ether oxygens (including phenoxy) is 3. The van der Waals surface area contributed by atoms with Crippen molar-refractivity contribution in [3.05, 3.63) is 46.6 Å². The van der Waals surface area contributed by atoms with Gasteiger partial charge in [0.2, 0.25) is 0 Å². The van der Waals surface area contributed by atoms with Crippen LogP contribution >= 0.6 is 11.8 Å². The van der Waals surface area contributed by atoms with Gasteiger partial charge in [0.25, 0.3) is 0 Å². The van der Waals surface area contributed by atoms with Gasteiger partial charge in [-0.3, -0.25) is 4.79 Å². The first-order valence-corrected chi connectivity index (χ1v) is 8.95. The average Bonchev–Trinajstić information content (AvgIpc) is 2.61. The zero-order chi connectivity index (χ0) is 18.7. The lowest BCUT2D eigenvalue weighted by Gasteiger charge is -2.13. The zero-order valence-corrected chi connectivity index (χ0v) is 15.4. The largest absolute Gasteiger partial charge is 0.486 e. The van der Waals surface area contributed by atoms with Gasteiger partial charge in [-0.15, -0.1) is 0 Å². The summed E-state index contributed by atoms with van der Waals surface area (Å²) in [6.07, 6.45) is 0. The molecule has 25 heavy (non-hydrogen) atoms. The fourth-order valence-electron chi connectivity index (χ4n) is 1.81. The molecule has 0 aromatic heterocycles. The van der Waals surface area contributed by atoms with Crippen molar-refractivity contribution in [2.45, 2.75) is 20.8 Å². The molecule has 0 aliphatic heterocycles. The molecule has 1 rings (SSSR count). The number of carbonyl (C=O) groups is 3. The fraction of sp³-hybridized carbons (Fsp3) is 0.389. The van der Waals surface area contributed by atoms with Gasteiger partial charge < -0.3 is 14.2 Å². The van der Waals surface area contributed by atoms with E-state index in [0.717, 1.165) is 11.8 Å². The van der Waals surface area contributed by atoms with Crippen molar-refractivity contribution < 1.29 is 28.6 Å². The molecule has 0 saturated heterocycles. The van der Waals surface area contributed by atoms with Crippen molar-refractivity contribution in [2.24, 2.45) is 0 Å². The molecule has 0 radical (unpaired) electrons. The molecule has 0 N–H and O–H groups in total. The quantitative estimate of drug-likeness (QED) is 0.157. The number of Topliss-reactive ketones (excluding diaryl/α,β-unsaturated/α-hetero) is 1. The zero-order valence-electron chi connectivity index (χ0n) is 14.6. The number of benzene rings is 1. The predicted octanol–water partition coefficient (Wildman–Crippen LogP) is 2.98. The molecule has 0 amide bonds. The highest BCUT2D eigenvalue weighted by molar-refractivity contribution is 8.03. The normalized spacial score (nSPS) is 9.88. The average molecular weight is 366 g/mol. The molecule has 1 aromatic carbocycles. The van der Waals surface area contributed by atoms with E-state index in [9.17, 15) is 14.4 Å². The first-order chi connectivity index (χ1) is 12.0. The fourth-order valence-corrected chi connectivity index (χ4v) is 2.75. The summed E-state index contributed by atoms with van der Waals surface area (Å²) in [6.45, 7) is 5.42. The summed E-state index contributed by atoms with van der Waals surface area (Å²) in [7, 11) is 0. The van der Waals surface area contributed by atoms with Crippen LogP contribution in [0.1, 0.15) is 31.1 Å². The van der Waals surface area contributed by atoms with E-state index in [2.05, 4.69) is 0 Å². The lowest BCUT2D eigenvalue weighted by Crippen LogP contribution is -2.21. The lowest BCUT2D eigenvalue weighted by molar-refractivity contribution is -0.146. The smallest absolute Gasteiger partial charge is 0.350 e. The Morgan fingerprint density at radius 2 is 1.36 bits per heavy atom. The van der Waals surface area contributed by atoms with Crippen LogP contribution in [0.15, 0.2) is 41.0 Å². The third-order valence-corrected chi connectivity index (χ3v) is 3.86. The minimum atomic E-state index is -0.830. The first-order valence-electron chi connectivity index (χ1n) is 7.97. The van der Waals surface area contributed by atoms with E-state index in [1.807, 2.05) is 6.07 Å². The number of hydrogen-bond acceptors (Lipinski definition) is 7. The number of hydrogen-bond donors (Lipinski definition) is 0. The monoisotopic (exact) mass is 366 g/mol. The summed E-state index contributed by atoms with van der Waals surface area (Å²) in [6, 6.07) is 8.74. The SMILES string of the molecule is CCOC(=O)C(C(=O)OCC)=C(OCC)SCC(=O)c1ccccc1. The Labute approximate surface area is 151 Å². The number of carbonyl (C=O) groups excluding carboxylic acids is 3. The highest BCUT2D eigenvalue weighted by Crippen LogP contribution is 2.24. The number of ketones is 1. The summed E-state index contributed by atoms with van der Waals surface area (Å²) in [5.41, 5.74) is 0.219. The number of esters is 2. The molecule has 0 bridgehead atoms. The van der Waals surface area contributed by atoms with Gasteiger partial charge in [-0.2, -0.15) is 0 Å². The van der Waals surface area contributed by atoms with E-state index in [0.29, 0.717) is 5.56 Å². The Hall–Kier alpha value is -2.28. The third-order valence-electron chi connectivity index (χ3n) is 2.87. The minimum Gasteiger partial charge on any atom is -0.486 e. The summed E-state index contributed by atoms with van der Waals surface area (Å²) in [5, 5.41) is 0.0312. The van der Waals surface area contributed by atoms with Crippen LogP contribution < -0.4 is 0 Å². The van der Waals surface area contributed by atoms with Crippen LogP contribution in [0.25, 0.3) is 0 Å². The summed E-state index contributed by atoms with van der Waals surface area (Å²) >= 11 is 0.972. The van der Waals surface area contributed by atoms with E-state index in [4.69, 9.17) is 14.2 Å². The van der Waals surface area contributed by atoms with Crippen LogP contribution in [-0.2, 0) is 23.8 Å². The Kier molecular flexibility index (Phi) is 9.39. The minimum absolute atomic E-state index is 0.0155. The van der Waals surface area contributed by atoms with Gasteiger partial charge in [0.05, 0.1) is 25.6 Å². The number of thioether (sulfide) groups is 1. The van der Waals surface area contributed by atoms with Crippen molar-refractivity contribution >= 4 is 29.5 Å². The molecule has 0 atom stereocenters. The Bertz CT molecular complexity index is 604. The molecule has 0 heterocycles. The van der Waals surface area contributed by atoms with Gasteiger partial charge >= 0.3 is 11.9 Å². The van der Waals surface area contributed by atoms with Crippen LogP contribution in [-0.4, -0.2) is 43.3 Å². The molecule has 7 heteroatoms. The van der Waals surface area contributed by atoms with Gasteiger partial charge in [-0.1, -0.05) is 42.1 Å². The van der Waals surface area contributed by atoms with Crippen molar-refractivity contribution in [3.8, 4) is 0 Å². The molecular weight excluding hydrogens is 344 g/mol. The van der Waals surface area contributed by atoms with Gasteiger partial charge in [0, 0.05) is 5.56 Å². The first kappa shape index (κ1) is 20.8. The van der Waals surface area contributed by atoms with Crippen molar-refractivity contribution in [3.63, 3.8) is 0 Å². The van der Waals surface area contributed by atoms with Gasteiger partial charge in [-0.25, -0.2) is 9.59 Å². The molecule has 0 unspecified atom stereocenters. The highest BCUT2D eigenvalue weighted by atomic mass is 32.2. The summed E-state index contributed by atoms with van der Waals surface area (Å²) in [4.78, 5) is 36.5. The van der Waals surface area contributed by atoms with Gasteiger partial charge in [0.1, 0.15) is 0 Å². The maximum atomic E-state index is 12.2.